The van der Waals surface area contributed by atoms with E-state index < -0.39 is 6.04 Å². The summed E-state index contributed by atoms with van der Waals surface area (Å²) < 4.78 is 12.8. The third-order valence-corrected chi connectivity index (χ3v) is 4.74. The predicted octanol–water partition coefficient (Wildman–Crippen LogP) is 1.81. The monoisotopic (exact) mass is 381 g/mol. The molecule has 8 heteroatoms. The van der Waals surface area contributed by atoms with E-state index in [9.17, 15) is 4.79 Å². The Hall–Kier alpha value is -3.13. The second kappa shape index (κ2) is 7.85. The third kappa shape index (κ3) is 3.63. The van der Waals surface area contributed by atoms with Gasteiger partial charge in [-0.05, 0) is 50.3 Å². The molecular weight excluding hydrogens is 358 g/mol. The molecule has 4 rings (SSSR count). The smallest absolute Gasteiger partial charge is 0.241 e. The summed E-state index contributed by atoms with van der Waals surface area (Å²) in [6.07, 6.45) is 3.47. The number of hydrogen-bond donors (Lipinski definition) is 1. The number of fused-ring (bicyclic) bond motifs is 2. The van der Waals surface area contributed by atoms with Gasteiger partial charge < -0.3 is 14.8 Å². The van der Waals surface area contributed by atoms with Gasteiger partial charge in [0.2, 0.25) is 12.7 Å². The minimum absolute atomic E-state index is 0.0463. The van der Waals surface area contributed by atoms with Crippen LogP contribution >= 0.6 is 0 Å². The lowest BCUT2D eigenvalue weighted by Gasteiger charge is -2.24. The second-order valence-electron chi connectivity index (χ2n) is 6.92. The highest BCUT2D eigenvalue weighted by Gasteiger charge is 2.25. The molecule has 0 unspecified atom stereocenters. The summed E-state index contributed by atoms with van der Waals surface area (Å²) in [5, 5.41) is 11.4. The van der Waals surface area contributed by atoms with Crippen LogP contribution in [0.25, 0.3) is 5.65 Å². The first kappa shape index (κ1) is 18.2. The van der Waals surface area contributed by atoms with Gasteiger partial charge in [-0.3, -0.25) is 14.1 Å². The van der Waals surface area contributed by atoms with Crippen molar-refractivity contribution in [1.82, 2.24) is 24.8 Å². The van der Waals surface area contributed by atoms with Crippen LogP contribution in [0.5, 0.6) is 11.5 Å². The van der Waals surface area contributed by atoms with Crippen LogP contribution in [0.4, 0.5) is 0 Å². The Morgan fingerprint density at radius 3 is 2.93 bits per heavy atom. The maximum Gasteiger partial charge on any atom is 0.241 e. The topological polar surface area (TPSA) is 81.0 Å². The quantitative estimate of drug-likeness (QED) is 0.629. The molecule has 1 aliphatic rings. The number of carbonyl (C=O) groups excluding carboxylic acids is 1. The minimum atomic E-state index is -0.400. The van der Waals surface area contributed by atoms with Crippen LogP contribution in [0.1, 0.15) is 23.9 Å². The molecule has 8 nitrogen and oxygen atoms in total. The number of rotatable bonds is 7. The molecule has 1 aromatic carbocycles. The number of likely N-dealkylation sites (N-methyl/N-ethyl adjacent to an activating group) is 1. The van der Waals surface area contributed by atoms with Gasteiger partial charge in [-0.25, -0.2) is 0 Å². The number of amides is 1. The van der Waals surface area contributed by atoms with Crippen molar-refractivity contribution in [3.8, 4) is 11.5 Å². The summed E-state index contributed by atoms with van der Waals surface area (Å²) in [5.41, 5.74) is 1.70. The number of pyridine rings is 1. The van der Waals surface area contributed by atoms with E-state index in [2.05, 4.69) is 15.5 Å². The Bertz CT molecular complexity index is 985. The van der Waals surface area contributed by atoms with Crippen LogP contribution in [-0.4, -0.2) is 52.8 Å². The fourth-order valence-corrected chi connectivity index (χ4v) is 3.38. The van der Waals surface area contributed by atoms with Crippen LogP contribution in [0.15, 0.2) is 42.6 Å². The molecule has 1 aliphatic heterocycles. The van der Waals surface area contributed by atoms with Crippen LogP contribution in [0, 0.1) is 0 Å². The molecule has 0 saturated heterocycles. The second-order valence-corrected chi connectivity index (χ2v) is 6.92. The largest absolute Gasteiger partial charge is 0.454 e. The summed E-state index contributed by atoms with van der Waals surface area (Å²) in [5.74, 6) is 2.23. The van der Waals surface area contributed by atoms with E-state index in [1.165, 1.54) is 0 Å². The molecule has 3 aromatic rings. The molecule has 1 N–H and O–H groups in total. The zero-order valence-corrected chi connectivity index (χ0v) is 16.0. The van der Waals surface area contributed by atoms with Gasteiger partial charge in [0.05, 0.1) is 0 Å². The highest BCUT2D eigenvalue weighted by Crippen LogP contribution is 2.35. The standard InChI is InChI=1S/C20H23N5O3/c1-24(2)19(14-8-9-15-16(12-14)28-13-27-15)20(26)21-10-5-7-18-23-22-17-6-3-4-11-25(17)18/h3-4,6,8-9,11-12,19H,5,7,10,13H2,1-2H3,(H,21,26)/t19-/m0/s1. The first-order valence-corrected chi connectivity index (χ1v) is 9.26. The number of aromatic nitrogens is 3. The van der Waals surface area contributed by atoms with Crippen LogP contribution in [0.3, 0.4) is 0 Å². The highest BCUT2D eigenvalue weighted by atomic mass is 16.7. The Morgan fingerprint density at radius 1 is 1.21 bits per heavy atom. The molecule has 1 amide bonds. The maximum absolute atomic E-state index is 12.8. The number of hydrogen-bond acceptors (Lipinski definition) is 6. The SMILES string of the molecule is CN(C)[C@H](C(=O)NCCCc1nnc2ccccn12)c1ccc2c(c1)OCO2. The molecule has 1 atom stereocenters. The molecule has 0 bridgehead atoms. The van der Waals surface area contributed by atoms with Crippen molar-refractivity contribution in [2.24, 2.45) is 0 Å². The summed E-state index contributed by atoms with van der Waals surface area (Å²) in [7, 11) is 3.77. The summed E-state index contributed by atoms with van der Waals surface area (Å²) in [4.78, 5) is 14.7. The van der Waals surface area contributed by atoms with Crippen molar-refractivity contribution in [2.45, 2.75) is 18.9 Å². The fourth-order valence-electron chi connectivity index (χ4n) is 3.38. The van der Waals surface area contributed by atoms with Crippen molar-refractivity contribution in [3.63, 3.8) is 0 Å². The zero-order chi connectivity index (χ0) is 19.5. The first-order chi connectivity index (χ1) is 13.6. The normalized spacial score (nSPS) is 13.8. The van der Waals surface area contributed by atoms with Crippen molar-refractivity contribution >= 4 is 11.6 Å². The maximum atomic E-state index is 12.8. The summed E-state index contributed by atoms with van der Waals surface area (Å²) in [6, 6.07) is 11.0. The van der Waals surface area contributed by atoms with Gasteiger partial charge in [-0.2, -0.15) is 0 Å². The third-order valence-electron chi connectivity index (χ3n) is 4.74. The van der Waals surface area contributed by atoms with Gasteiger partial charge in [0.15, 0.2) is 17.1 Å². The Balaban J connectivity index is 1.36. The van der Waals surface area contributed by atoms with Crippen LogP contribution in [0.2, 0.25) is 0 Å². The van der Waals surface area contributed by atoms with E-state index >= 15 is 0 Å². The lowest BCUT2D eigenvalue weighted by atomic mass is 10.0. The van der Waals surface area contributed by atoms with Gasteiger partial charge in [0.1, 0.15) is 11.9 Å². The van der Waals surface area contributed by atoms with Crippen molar-refractivity contribution in [2.75, 3.05) is 27.4 Å². The first-order valence-electron chi connectivity index (χ1n) is 9.26. The average Bonchev–Trinajstić information content (AvgIpc) is 3.31. The Morgan fingerprint density at radius 2 is 2.07 bits per heavy atom. The predicted molar refractivity (Wildman–Crippen MR) is 103 cm³/mol. The molecule has 3 heterocycles. The van der Waals surface area contributed by atoms with Gasteiger partial charge in [-0.15, -0.1) is 10.2 Å². The van der Waals surface area contributed by atoms with E-state index in [-0.39, 0.29) is 12.7 Å². The Kier molecular flexibility index (Phi) is 5.12. The highest BCUT2D eigenvalue weighted by molar-refractivity contribution is 5.83. The number of ether oxygens (including phenoxy) is 2. The van der Waals surface area contributed by atoms with Crippen LogP contribution in [-0.2, 0) is 11.2 Å². The molecule has 0 spiro atoms. The molecule has 0 fully saturated rings. The van der Waals surface area contributed by atoms with Gasteiger partial charge in [0, 0.05) is 19.2 Å². The van der Waals surface area contributed by atoms with Crippen LogP contribution < -0.4 is 14.8 Å². The lowest BCUT2D eigenvalue weighted by molar-refractivity contribution is -0.125. The molecule has 146 valence electrons. The molecule has 0 radical (unpaired) electrons. The van der Waals surface area contributed by atoms with Gasteiger partial charge in [-0.1, -0.05) is 12.1 Å². The average molecular weight is 381 g/mol. The van der Waals surface area contributed by atoms with Crippen molar-refractivity contribution in [1.29, 1.82) is 0 Å². The van der Waals surface area contributed by atoms with E-state index in [0.29, 0.717) is 18.0 Å². The number of aryl methyl sites for hydroxylation is 1. The van der Waals surface area contributed by atoms with Crippen molar-refractivity contribution < 1.29 is 14.3 Å². The molecular formula is C20H23N5O3. The van der Waals surface area contributed by atoms with Gasteiger partial charge in [0.25, 0.3) is 0 Å². The molecule has 0 saturated carbocycles. The van der Waals surface area contributed by atoms with E-state index in [0.717, 1.165) is 29.9 Å². The van der Waals surface area contributed by atoms with Crippen molar-refractivity contribution in [3.05, 3.63) is 54.0 Å². The summed E-state index contributed by atoms with van der Waals surface area (Å²) in [6.45, 7) is 0.782. The van der Waals surface area contributed by atoms with Gasteiger partial charge >= 0.3 is 0 Å². The Labute approximate surface area is 163 Å². The zero-order valence-electron chi connectivity index (χ0n) is 16.0. The molecule has 0 aliphatic carbocycles. The van der Waals surface area contributed by atoms with E-state index in [4.69, 9.17) is 9.47 Å². The minimum Gasteiger partial charge on any atom is -0.454 e. The molecule has 28 heavy (non-hydrogen) atoms. The summed E-state index contributed by atoms with van der Waals surface area (Å²) >= 11 is 0. The number of nitrogens with zero attached hydrogens (tertiary/aromatic N) is 4. The van der Waals surface area contributed by atoms with E-state index in [1.54, 1.807) is 0 Å². The number of carbonyl (C=O) groups is 1. The fraction of sp³-hybridized carbons (Fsp3) is 0.350. The van der Waals surface area contributed by atoms with E-state index in [1.807, 2.05) is 66.0 Å². The number of benzene rings is 1. The molecule has 2 aromatic heterocycles. The number of nitrogens with one attached hydrogen (secondary N) is 1. The lowest BCUT2D eigenvalue weighted by Crippen LogP contribution is -2.37.